The SMILES string of the molecule is C=CC(=O)OC1(C(=O)OCCC)CCCC(C(=O)OC(C)(C)C)C1. The molecule has 6 nitrogen and oxygen atoms in total. The molecule has 1 saturated carbocycles. The minimum atomic E-state index is -1.44. The third-order valence-electron chi connectivity index (χ3n) is 3.72. The third kappa shape index (κ3) is 5.65. The average Bonchev–Trinajstić information content (AvgIpc) is 2.50. The highest BCUT2D eigenvalue weighted by Gasteiger charge is 2.49. The molecule has 136 valence electrons. The monoisotopic (exact) mass is 340 g/mol. The van der Waals surface area contributed by atoms with Gasteiger partial charge < -0.3 is 14.2 Å². The van der Waals surface area contributed by atoms with E-state index >= 15 is 0 Å². The summed E-state index contributed by atoms with van der Waals surface area (Å²) in [5.74, 6) is -2.20. The summed E-state index contributed by atoms with van der Waals surface area (Å²) >= 11 is 0. The quantitative estimate of drug-likeness (QED) is 0.420. The lowest BCUT2D eigenvalue weighted by Crippen LogP contribution is -2.49. The molecule has 24 heavy (non-hydrogen) atoms. The van der Waals surface area contributed by atoms with Crippen LogP contribution >= 0.6 is 0 Å². The van der Waals surface area contributed by atoms with Gasteiger partial charge in [-0.2, -0.15) is 0 Å². The number of carbonyl (C=O) groups excluding carboxylic acids is 3. The zero-order valence-electron chi connectivity index (χ0n) is 15.1. The molecule has 0 radical (unpaired) electrons. The maximum absolute atomic E-state index is 12.5. The standard InChI is InChI=1S/C18H28O6/c1-6-11-22-16(21)18(23-14(19)7-2)10-8-9-13(12-18)15(20)24-17(3,4)5/h7,13H,2,6,8-12H2,1,3-5H3. The maximum atomic E-state index is 12.5. The van der Waals surface area contributed by atoms with E-state index in [1.807, 2.05) is 6.92 Å². The molecule has 0 saturated heterocycles. The lowest BCUT2D eigenvalue weighted by molar-refractivity contribution is -0.189. The molecule has 0 amide bonds. The van der Waals surface area contributed by atoms with Gasteiger partial charge >= 0.3 is 17.9 Å². The molecule has 2 unspecified atom stereocenters. The van der Waals surface area contributed by atoms with Crippen LogP contribution < -0.4 is 0 Å². The van der Waals surface area contributed by atoms with E-state index in [4.69, 9.17) is 14.2 Å². The highest BCUT2D eigenvalue weighted by atomic mass is 16.6. The summed E-state index contributed by atoms with van der Waals surface area (Å²) in [6, 6.07) is 0. The molecule has 2 atom stereocenters. The average molecular weight is 340 g/mol. The Hall–Kier alpha value is -1.85. The van der Waals surface area contributed by atoms with Crippen molar-refractivity contribution < 1.29 is 28.6 Å². The summed E-state index contributed by atoms with van der Waals surface area (Å²) in [5.41, 5.74) is -2.06. The van der Waals surface area contributed by atoms with Crippen molar-refractivity contribution in [3.05, 3.63) is 12.7 Å². The van der Waals surface area contributed by atoms with Gasteiger partial charge in [0.1, 0.15) is 5.60 Å². The van der Waals surface area contributed by atoms with Crippen LogP contribution in [0.1, 0.15) is 59.8 Å². The van der Waals surface area contributed by atoms with Crippen LogP contribution in [0.2, 0.25) is 0 Å². The van der Waals surface area contributed by atoms with Crippen LogP contribution in [0.5, 0.6) is 0 Å². The van der Waals surface area contributed by atoms with Gasteiger partial charge in [-0.15, -0.1) is 0 Å². The van der Waals surface area contributed by atoms with Crippen LogP contribution in [0, 0.1) is 5.92 Å². The van der Waals surface area contributed by atoms with Crippen LogP contribution in [-0.4, -0.2) is 35.7 Å². The molecular weight excluding hydrogens is 312 g/mol. The fourth-order valence-electron chi connectivity index (χ4n) is 2.70. The van der Waals surface area contributed by atoms with Gasteiger partial charge in [-0.3, -0.25) is 4.79 Å². The zero-order valence-corrected chi connectivity index (χ0v) is 15.1. The Kier molecular flexibility index (Phi) is 6.99. The first-order valence-electron chi connectivity index (χ1n) is 8.39. The number of hydrogen-bond donors (Lipinski definition) is 0. The first-order valence-corrected chi connectivity index (χ1v) is 8.39. The lowest BCUT2D eigenvalue weighted by atomic mass is 9.77. The third-order valence-corrected chi connectivity index (χ3v) is 3.72. The normalized spacial score (nSPS) is 23.9. The molecule has 0 heterocycles. The molecule has 0 aromatic rings. The lowest BCUT2D eigenvalue weighted by Gasteiger charge is -2.37. The van der Waals surface area contributed by atoms with Crippen LogP contribution in [-0.2, 0) is 28.6 Å². The van der Waals surface area contributed by atoms with Crippen molar-refractivity contribution in [3.8, 4) is 0 Å². The predicted molar refractivity (Wildman–Crippen MR) is 88.1 cm³/mol. The minimum absolute atomic E-state index is 0.0735. The van der Waals surface area contributed by atoms with Gasteiger partial charge in [-0.05, 0) is 46.5 Å². The zero-order chi connectivity index (χ0) is 18.4. The second-order valence-electron chi connectivity index (χ2n) is 7.08. The van der Waals surface area contributed by atoms with E-state index in [-0.39, 0.29) is 19.0 Å². The second kappa shape index (κ2) is 8.31. The topological polar surface area (TPSA) is 78.9 Å². The first-order chi connectivity index (χ1) is 11.1. The van der Waals surface area contributed by atoms with E-state index < -0.39 is 29.1 Å². The van der Waals surface area contributed by atoms with Crippen molar-refractivity contribution in [1.82, 2.24) is 0 Å². The van der Waals surface area contributed by atoms with Gasteiger partial charge in [0, 0.05) is 12.5 Å². The number of hydrogen-bond acceptors (Lipinski definition) is 6. The smallest absolute Gasteiger partial charge is 0.350 e. The molecule has 0 aliphatic heterocycles. The van der Waals surface area contributed by atoms with Gasteiger partial charge in [-0.25, -0.2) is 9.59 Å². The summed E-state index contributed by atoms with van der Waals surface area (Å²) in [6.45, 7) is 10.8. The molecule has 0 aromatic carbocycles. The molecule has 0 N–H and O–H groups in total. The van der Waals surface area contributed by atoms with Crippen LogP contribution in [0.15, 0.2) is 12.7 Å². The summed E-state index contributed by atoms with van der Waals surface area (Å²) < 4.78 is 16.0. The number of carbonyl (C=O) groups is 3. The van der Waals surface area contributed by atoms with Gasteiger partial charge in [0.05, 0.1) is 12.5 Å². The van der Waals surface area contributed by atoms with E-state index in [0.29, 0.717) is 25.7 Å². The molecule has 0 bridgehead atoms. The van der Waals surface area contributed by atoms with Crippen LogP contribution in [0.3, 0.4) is 0 Å². The van der Waals surface area contributed by atoms with Crippen molar-refractivity contribution in [1.29, 1.82) is 0 Å². The fraction of sp³-hybridized carbons (Fsp3) is 0.722. The van der Waals surface area contributed by atoms with Crippen LogP contribution in [0.4, 0.5) is 0 Å². The summed E-state index contributed by atoms with van der Waals surface area (Å²) in [6.07, 6.45) is 3.22. The van der Waals surface area contributed by atoms with E-state index in [0.717, 1.165) is 6.08 Å². The van der Waals surface area contributed by atoms with Gasteiger partial charge in [0.15, 0.2) is 0 Å². The minimum Gasteiger partial charge on any atom is -0.463 e. The van der Waals surface area contributed by atoms with Crippen molar-refractivity contribution in [2.24, 2.45) is 5.92 Å². The Morgan fingerprint density at radius 1 is 1.29 bits per heavy atom. The number of rotatable bonds is 6. The Morgan fingerprint density at radius 2 is 1.96 bits per heavy atom. The molecule has 0 aromatic heterocycles. The Balaban J connectivity index is 2.96. The van der Waals surface area contributed by atoms with Gasteiger partial charge in [-0.1, -0.05) is 13.5 Å². The van der Waals surface area contributed by atoms with E-state index in [1.54, 1.807) is 20.8 Å². The molecule has 1 aliphatic rings. The molecule has 1 rings (SSSR count). The fourth-order valence-corrected chi connectivity index (χ4v) is 2.70. The van der Waals surface area contributed by atoms with Crippen molar-refractivity contribution >= 4 is 17.9 Å². The van der Waals surface area contributed by atoms with Gasteiger partial charge in [0.25, 0.3) is 0 Å². The molecule has 1 aliphatic carbocycles. The Labute approximate surface area is 143 Å². The van der Waals surface area contributed by atoms with Crippen molar-refractivity contribution in [2.45, 2.75) is 71.0 Å². The van der Waals surface area contributed by atoms with Crippen LogP contribution in [0.25, 0.3) is 0 Å². The molecular formula is C18H28O6. The number of ether oxygens (including phenoxy) is 3. The Morgan fingerprint density at radius 3 is 2.50 bits per heavy atom. The molecule has 1 fully saturated rings. The summed E-state index contributed by atoms with van der Waals surface area (Å²) in [7, 11) is 0. The summed E-state index contributed by atoms with van der Waals surface area (Å²) in [5, 5.41) is 0. The molecule has 6 heteroatoms. The van der Waals surface area contributed by atoms with E-state index in [2.05, 4.69) is 6.58 Å². The van der Waals surface area contributed by atoms with Crippen molar-refractivity contribution in [3.63, 3.8) is 0 Å². The highest BCUT2D eigenvalue weighted by molar-refractivity contribution is 5.88. The molecule has 0 spiro atoms. The van der Waals surface area contributed by atoms with E-state index in [9.17, 15) is 14.4 Å². The number of esters is 3. The van der Waals surface area contributed by atoms with E-state index in [1.165, 1.54) is 0 Å². The second-order valence-corrected chi connectivity index (χ2v) is 7.08. The largest absolute Gasteiger partial charge is 0.463 e. The highest BCUT2D eigenvalue weighted by Crippen LogP contribution is 2.38. The maximum Gasteiger partial charge on any atom is 0.350 e. The summed E-state index contributed by atoms with van der Waals surface area (Å²) in [4.78, 5) is 36.6. The van der Waals surface area contributed by atoms with Crippen molar-refractivity contribution in [2.75, 3.05) is 6.61 Å². The van der Waals surface area contributed by atoms with Gasteiger partial charge in [0.2, 0.25) is 5.60 Å². The first kappa shape index (κ1) is 20.2. The Bertz CT molecular complexity index is 490. The predicted octanol–water partition coefficient (Wildman–Crippen LogP) is 2.94.